The lowest BCUT2D eigenvalue weighted by molar-refractivity contribution is 0.165. The summed E-state index contributed by atoms with van der Waals surface area (Å²) in [5.74, 6) is 1.86. The van der Waals surface area contributed by atoms with Crippen LogP contribution < -0.4 is 9.47 Å². The van der Waals surface area contributed by atoms with Crippen LogP contribution in [0.5, 0.6) is 11.5 Å². The van der Waals surface area contributed by atoms with E-state index in [4.69, 9.17) is 9.47 Å². The molecule has 3 nitrogen and oxygen atoms in total. The number of nitrogens with zero attached hydrogens (tertiary/aromatic N) is 1. The summed E-state index contributed by atoms with van der Waals surface area (Å²) in [5, 5.41) is 0. The Kier molecular flexibility index (Phi) is 6.29. The third kappa shape index (κ3) is 5.20. The molecule has 3 rings (SSSR count). The highest BCUT2D eigenvalue weighted by Crippen LogP contribution is 2.21. The molecule has 25 heavy (non-hydrogen) atoms. The van der Waals surface area contributed by atoms with Gasteiger partial charge in [-0.2, -0.15) is 0 Å². The van der Waals surface area contributed by atoms with E-state index < -0.39 is 0 Å². The average Bonchev–Trinajstić information content (AvgIpc) is 3.15. The molecule has 0 spiro atoms. The number of ether oxygens (including phenoxy) is 2. The molecule has 1 heterocycles. The van der Waals surface area contributed by atoms with Crippen LogP contribution in [0.3, 0.4) is 0 Å². The van der Waals surface area contributed by atoms with Gasteiger partial charge in [-0.3, -0.25) is 9.29 Å². The second kappa shape index (κ2) is 8.86. The average molecular weight is 343 g/mol. The number of hydrogen-bond acceptors (Lipinski definition) is 3. The monoisotopic (exact) mass is 343 g/mol. The molecule has 1 aliphatic heterocycles. The molecular formula is C21H26FNO2. The standard InChI is InChI=1S/C21H26FNO2/c1-17(23-12-11-19(13-22)14-23)15-24-20-7-9-21(10-8-20)25-16-18-5-3-2-4-6-18/h2-10,17,19H,11-16H2,1H3/t17-,19?/m0/s1. The molecular weight excluding hydrogens is 317 g/mol. The molecule has 0 N–H and O–H groups in total. The zero-order valence-corrected chi connectivity index (χ0v) is 14.7. The van der Waals surface area contributed by atoms with Gasteiger partial charge in [-0.25, -0.2) is 0 Å². The molecule has 0 saturated carbocycles. The first kappa shape index (κ1) is 17.7. The molecule has 1 saturated heterocycles. The van der Waals surface area contributed by atoms with Crippen LogP contribution in [-0.2, 0) is 6.61 Å². The molecule has 1 fully saturated rings. The van der Waals surface area contributed by atoms with Crippen molar-refractivity contribution in [1.82, 2.24) is 4.90 Å². The number of likely N-dealkylation sites (tertiary alicyclic amines) is 1. The maximum Gasteiger partial charge on any atom is 0.120 e. The van der Waals surface area contributed by atoms with E-state index in [-0.39, 0.29) is 12.6 Å². The fourth-order valence-corrected chi connectivity index (χ4v) is 3.08. The highest BCUT2D eigenvalue weighted by atomic mass is 19.1. The Morgan fingerprint density at radius 3 is 2.36 bits per heavy atom. The first-order valence-electron chi connectivity index (χ1n) is 8.94. The van der Waals surface area contributed by atoms with Gasteiger partial charge in [-0.15, -0.1) is 0 Å². The van der Waals surface area contributed by atoms with Crippen molar-refractivity contribution in [1.29, 1.82) is 0 Å². The molecule has 2 aromatic rings. The number of alkyl halides is 1. The highest BCUT2D eigenvalue weighted by Gasteiger charge is 2.26. The molecule has 4 heteroatoms. The van der Waals surface area contributed by atoms with Crippen molar-refractivity contribution in [3.63, 3.8) is 0 Å². The molecule has 134 valence electrons. The zero-order chi connectivity index (χ0) is 17.5. The second-order valence-electron chi connectivity index (χ2n) is 6.71. The molecule has 2 atom stereocenters. The molecule has 1 aliphatic rings. The van der Waals surface area contributed by atoms with Crippen LogP contribution in [0.1, 0.15) is 18.9 Å². The summed E-state index contributed by atoms with van der Waals surface area (Å²) in [7, 11) is 0. The van der Waals surface area contributed by atoms with Gasteiger partial charge in [0.25, 0.3) is 0 Å². The van der Waals surface area contributed by atoms with E-state index in [1.807, 2.05) is 54.6 Å². The van der Waals surface area contributed by atoms with Gasteiger partial charge in [0, 0.05) is 18.5 Å². The first-order chi connectivity index (χ1) is 12.2. The van der Waals surface area contributed by atoms with Crippen LogP contribution in [0.15, 0.2) is 54.6 Å². The second-order valence-corrected chi connectivity index (χ2v) is 6.71. The minimum absolute atomic E-state index is 0.198. The van der Waals surface area contributed by atoms with Gasteiger partial charge >= 0.3 is 0 Å². The largest absolute Gasteiger partial charge is 0.492 e. The van der Waals surface area contributed by atoms with Crippen LogP contribution in [0.2, 0.25) is 0 Å². The fraction of sp³-hybridized carbons (Fsp3) is 0.429. The van der Waals surface area contributed by atoms with Crippen molar-refractivity contribution < 1.29 is 13.9 Å². The van der Waals surface area contributed by atoms with Gasteiger partial charge in [-0.1, -0.05) is 30.3 Å². The summed E-state index contributed by atoms with van der Waals surface area (Å²) < 4.78 is 24.4. The van der Waals surface area contributed by atoms with E-state index in [0.29, 0.717) is 19.3 Å². The summed E-state index contributed by atoms with van der Waals surface area (Å²) in [5.41, 5.74) is 1.15. The van der Waals surface area contributed by atoms with Gasteiger partial charge in [0.1, 0.15) is 24.7 Å². The molecule has 0 bridgehead atoms. The van der Waals surface area contributed by atoms with Crippen LogP contribution in [0.4, 0.5) is 4.39 Å². The summed E-state index contributed by atoms with van der Waals surface area (Å²) in [6.07, 6.45) is 0.953. The van der Waals surface area contributed by atoms with Gasteiger partial charge in [-0.05, 0) is 49.7 Å². The van der Waals surface area contributed by atoms with Crippen molar-refractivity contribution in [2.24, 2.45) is 5.92 Å². The lowest BCUT2D eigenvalue weighted by Gasteiger charge is -2.24. The van der Waals surface area contributed by atoms with E-state index in [2.05, 4.69) is 11.8 Å². The lowest BCUT2D eigenvalue weighted by atomic mass is 10.1. The summed E-state index contributed by atoms with van der Waals surface area (Å²) in [4.78, 5) is 2.31. The minimum Gasteiger partial charge on any atom is -0.492 e. The van der Waals surface area contributed by atoms with Gasteiger partial charge < -0.3 is 9.47 Å². The van der Waals surface area contributed by atoms with Crippen molar-refractivity contribution in [3.05, 3.63) is 60.2 Å². The zero-order valence-electron chi connectivity index (χ0n) is 14.7. The fourth-order valence-electron chi connectivity index (χ4n) is 3.08. The molecule has 0 amide bonds. The number of hydrogen-bond donors (Lipinski definition) is 0. The summed E-state index contributed by atoms with van der Waals surface area (Å²) in [6.45, 7) is 4.90. The van der Waals surface area contributed by atoms with E-state index in [0.717, 1.165) is 36.6 Å². The Morgan fingerprint density at radius 2 is 1.72 bits per heavy atom. The van der Waals surface area contributed by atoms with Crippen molar-refractivity contribution in [2.75, 3.05) is 26.4 Å². The van der Waals surface area contributed by atoms with Crippen molar-refractivity contribution in [3.8, 4) is 11.5 Å². The quantitative estimate of drug-likeness (QED) is 0.712. The van der Waals surface area contributed by atoms with Gasteiger partial charge in [0.05, 0.1) is 6.67 Å². The van der Waals surface area contributed by atoms with Crippen LogP contribution in [-0.4, -0.2) is 37.3 Å². The Bertz CT molecular complexity index is 632. The summed E-state index contributed by atoms with van der Waals surface area (Å²) >= 11 is 0. The highest BCUT2D eigenvalue weighted by molar-refractivity contribution is 5.31. The SMILES string of the molecule is C[C@@H](COc1ccc(OCc2ccccc2)cc1)N1CCC(CF)C1. The van der Waals surface area contributed by atoms with E-state index >= 15 is 0 Å². The van der Waals surface area contributed by atoms with Gasteiger partial charge in [0.15, 0.2) is 0 Å². The molecule has 0 aliphatic carbocycles. The van der Waals surface area contributed by atoms with Crippen molar-refractivity contribution >= 4 is 0 Å². The van der Waals surface area contributed by atoms with E-state index in [1.165, 1.54) is 0 Å². The van der Waals surface area contributed by atoms with Gasteiger partial charge in [0.2, 0.25) is 0 Å². The Morgan fingerprint density at radius 1 is 1.04 bits per heavy atom. The Hall–Kier alpha value is -2.07. The third-order valence-corrected chi connectivity index (χ3v) is 4.72. The maximum absolute atomic E-state index is 12.7. The predicted molar refractivity (Wildman–Crippen MR) is 97.8 cm³/mol. The number of halogens is 1. The molecule has 2 aromatic carbocycles. The maximum atomic E-state index is 12.7. The topological polar surface area (TPSA) is 21.7 Å². The number of benzene rings is 2. The van der Waals surface area contributed by atoms with Crippen LogP contribution in [0.25, 0.3) is 0 Å². The van der Waals surface area contributed by atoms with E-state index in [1.54, 1.807) is 0 Å². The molecule has 1 unspecified atom stereocenters. The molecule has 0 aromatic heterocycles. The third-order valence-electron chi connectivity index (χ3n) is 4.72. The number of rotatable bonds is 8. The Balaban J connectivity index is 1.43. The van der Waals surface area contributed by atoms with Crippen LogP contribution >= 0.6 is 0 Å². The first-order valence-corrected chi connectivity index (χ1v) is 8.94. The predicted octanol–water partition coefficient (Wildman–Crippen LogP) is 4.32. The lowest BCUT2D eigenvalue weighted by Crippen LogP contribution is -2.35. The minimum atomic E-state index is -0.214. The van der Waals surface area contributed by atoms with E-state index in [9.17, 15) is 4.39 Å². The normalized spacial score (nSPS) is 18.9. The summed E-state index contributed by atoms with van der Waals surface area (Å²) in [6, 6.07) is 18.1. The van der Waals surface area contributed by atoms with Crippen LogP contribution in [0, 0.1) is 5.92 Å². The van der Waals surface area contributed by atoms with Crippen molar-refractivity contribution in [2.45, 2.75) is 26.0 Å². The molecule has 0 radical (unpaired) electrons. The Labute approximate surface area is 149 Å². The smallest absolute Gasteiger partial charge is 0.120 e.